The van der Waals surface area contributed by atoms with Crippen LogP contribution < -0.4 is 15.0 Å². The van der Waals surface area contributed by atoms with Crippen LogP contribution in [0.1, 0.15) is 34.3 Å². The van der Waals surface area contributed by atoms with Gasteiger partial charge in [0.2, 0.25) is 0 Å². The van der Waals surface area contributed by atoms with Gasteiger partial charge in [-0.3, -0.25) is 14.8 Å². The minimum absolute atomic E-state index is 0.0291. The van der Waals surface area contributed by atoms with Crippen molar-refractivity contribution in [1.29, 1.82) is 0 Å². The van der Waals surface area contributed by atoms with E-state index in [-0.39, 0.29) is 11.9 Å². The number of anilines is 1. The quantitative estimate of drug-likeness (QED) is 0.408. The summed E-state index contributed by atoms with van der Waals surface area (Å²) in [7, 11) is 4.11. The molecule has 0 aliphatic carbocycles. The molecule has 4 aromatic rings. The van der Waals surface area contributed by atoms with Gasteiger partial charge in [-0.05, 0) is 79.0 Å². The van der Waals surface area contributed by atoms with Crippen LogP contribution in [0.25, 0.3) is 22.2 Å². The van der Waals surface area contributed by atoms with Crippen LogP contribution >= 0.6 is 0 Å². The number of hydrogen-bond donors (Lipinski definition) is 2. The number of carbonyl (C=O) groups excluding carboxylic acids is 1. The van der Waals surface area contributed by atoms with Crippen molar-refractivity contribution in [3.05, 3.63) is 77.4 Å². The molecule has 2 aliphatic heterocycles. The lowest BCUT2D eigenvalue weighted by molar-refractivity contribution is 0.0901. The number of nitrogens with one attached hydrogen (secondary N) is 2. The normalized spacial score (nSPS) is 17.4. The Morgan fingerprint density at radius 3 is 2.84 bits per heavy atom. The number of nitrogens with zero attached hydrogens (tertiary/aromatic N) is 3. The highest BCUT2D eigenvalue weighted by molar-refractivity contribution is 6.01. The van der Waals surface area contributed by atoms with Crippen molar-refractivity contribution in [2.75, 3.05) is 38.7 Å². The molecule has 190 valence electrons. The summed E-state index contributed by atoms with van der Waals surface area (Å²) < 4.78 is 5.65. The van der Waals surface area contributed by atoms with E-state index in [0.717, 1.165) is 73.4 Å². The van der Waals surface area contributed by atoms with Crippen LogP contribution in [-0.2, 0) is 13.0 Å². The molecule has 3 heterocycles. The topological polar surface area (TPSA) is 73.5 Å². The molecule has 1 atom stereocenters. The molecule has 3 aromatic carbocycles. The first-order chi connectivity index (χ1) is 18.0. The summed E-state index contributed by atoms with van der Waals surface area (Å²) in [5.74, 6) is 0.925. The summed E-state index contributed by atoms with van der Waals surface area (Å²) >= 11 is 0. The van der Waals surface area contributed by atoms with Gasteiger partial charge >= 0.3 is 0 Å². The zero-order valence-electron chi connectivity index (χ0n) is 21.5. The van der Waals surface area contributed by atoms with Crippen molar-refractivity contribution in [1.82, 2.24) is 20.4 Å². The Morgan fingerprint density at radius 2 is 2.00 bits per heavy atom. The maximum absolute atomic E-state index is 13.3. The van der Waals surface area contributed by atoms with Crippen LogP contribution in [0.3, 0.4) is 0 Å². The number of ether oxygens (including phenoxy) is 1. The van der Waals surface area contributed by atoms with Gasteiger partial charge in [-0.2, -0.15) is 5.10 Å². The molecule has 1 fully saturated rings. The van der Waals surface area contributed by atoms with E-state index in [9.17, 15) is 4.79 Å². The summed E-state index contributed by atoms with van der Waals surface area (Å²) in [6.45, 7) is 3.54. The predicted molar refractivity (Wildman–Crippen MR) is 147 cm³/mol. The molecule has 7 nitrogen and oxygen atoms in total. The van der Waals surface area contributed by atoms with Gasteiger partial charge in [0.25, 0.3) is 5.91 Å². The first kappa shape index (κ1) is 23.6. The highest BCUT2D eigenvalue weighted by Crippen LogP contribution is 2.33. The Hall–Kier alpha value is -3.84. The van der Waals surface area contributed by atoms with E-state index in [1.165, 1.54) is 16.8 Å². The number of likely N-dealkylation sites (tertiary alicyclic amines) is 1. The molecule has 6 rings (SSSR count). The van der Waals surface area contributed by atoms with Gasteiger partial charge in [0.1, 0.15) is 5.75 Å². The number of amides is 1. The second-order valence-corrected chi connectivity index (χ2v) is 10.4. The summed E-state index contributed by atoms with van der Waals surface area (Å²) in [5.41, 5.74) is 7.20. The van der Waals surface area contributed by atoms with Crippen molar-refractivity contribution in [3.63, 3.8) is 0 Å². The maximum atomic E-state index is 13.3. The maximum Gasteiger partial charge on any atom is 0.251 e. The average molecular weight is 496 g/mol. The smallest absolute Gasteiger partial charge is 0.251 e. The third-order valence-corrected chi connectivity index (χ3v) is 7.49. The van der Waals surface area contributed by atoms with Gasteiger partial charge in [0, 0.05) is 61.8 Å². The van der Waals surface area contributed by atoms with Gasteiger partial charge in [-0.25, -0.2) is 0 Å². The lowest BCUT2D eigenvalue weighted by Crippen LogP contribution is -2.47. The average Bonchev–Trinajstić information content (AvgIpc) is 3.55. The predicted octanol–water partition coefficient (Wildman–Crippen LogP) is 4.63. The van der Waals surface area contributed by atoms with E-state index in [0.29, 0.717) is 5.56 Å². The minimum Gasteiger partial charge on any atom is -0.493 e. The molecular formula is C30H33N5O2. The van der Waals surface area contributed by atoms with E-state index in [1.54, 1.807) is 0 Å². The largest absolute Gasteiger partial charge is 0.493 e. The van der Waals surface area contributed by atoms with Crippen molar-refractivity contribution in [2.24, 2.45) is 0 Å². The molecule has 0 bridgehead atoms. The van der Waals surface area contributed by atoms with Crippen LogP contribution in [0.5, 0.6) is 5.75 Å². The highest BCUT2D eigenvalue weighted by atomic mass is 16.5. The van der Waals surface area contributed by atoms with E-state index in [2.05, 4.69) is 69.7 Å². The van der Waals surface area contributed by atoms with Crippen LogP contribution in [0.15, 0.2) is 60.7 Å². The second-order valence-electron chi connectivity index (χ2n) is 10.4. The zero-order chi connectivity index (χ0) is 25.4. The number of piperidine rings is 1. The fourth-order valence-corrected chi connectivity index (χ4v) is 5.45. The number of aromatic amines is 1. The van der Waals surface area contributed by atoms with E-state index < -0.39 is 0 Å². The number of aromatic nitrogens is 2. The Balaban J connectivity index is 1.14. The van der Waals surface area contributed by atoms with E-state index in [1.807, 2.05) is 30.3 Å². The van der Waals surface area contributed by atoms with Crippen molar-refractivity contribution in [2.45, 2.75) is 31.8 Å². The Kier molecular flexibility index (Phi) is 6.30. The first-order valence-corrected chi connectivity index (χ1v) is 13.1. The summed E-state index contributed by atoms with van der Waals surface area (Å²) in [6.07, 6.45) is 2.99. The van der Waals surface area contributed by atoms with E-state index >= 15 is 0 Å². The van der Waals surface area contributed by atoms with Crippen molar-refractivity contribution in [3.8, 4) is 17.0 Å². The molecule has 7 heteroatoms. The van der Waals surface area contributed by atoms with Gasteiger partial charge < -0.3 is 15.0 Å². The third kappa shape index (κ3) is 4.91. The van der Waals surface area contributed by atoms with Crippen molar-refractivity contribution >= 4 is 22.5 Å². The minimum atomic E-state index is -0.0291. The number of rotatable bonds is 6. The molecule has 37 heavy (non-hydrogen) atoms. The van der Waals surface area contributed by atoms with E-state index in [4.69, 9.17) is 4.74 Å². The Bertz CT molecular complexity index is 1430. The lowest BCUT2D eigenvalue weighted by atomic mass is 10.0. The molecule has 1 amide bonds. The van der Waals surface area contributed by atoms with Gasteiger partial charge in [0.05, 0.1) is 17.8 Å². The number of hydrogen-bond acceptors (Lipinski definition) is 5. The number of benzene rings is 3. The SMILES string of the molecule is CN(C)c1ccc(CN2CCC[C@@H](NC(=O)c3ccc4[nH]nc(-c5ccc6c(c5)CCO6)c4c3)C2)cc1. The Morgan fingerprint density at radius 1 is 1.14 bits per heavy atom. The lowest BCUT2D eigenvalue weighted by Gasteiger charge is -2.33. The fraction of sp³-hybridized carbons (Fsp3) is 0.333. The molecular weight excluding hydrogens is 462 g/mol. The molecule has 2 N–H and O–H groups in total. The van der Waals surface area contributed by atoms with Crippen LogP contribution in [0, 0.1) is 0 Å². The fourth-order valence-electron chi connectivity index (χ4n) is 5.45. The monoisotopic (exact) mass is 495 g/mol. The zero-order valence-corrected chi connectivity index (χ0v) is 21.5. The summed E-state index contributed by atoms with van der Waals surface area (Å²) in [5, 5.41) is 11.9. The third-order valence-electron chi connectivity index (χ3n) is 7.49. The van der Waals surface area contributed by atoms with Crippen LogP contribution in [0.4, 0.5) is 5.69 Å². The molecule has 1 aromatic heterocycles. The molecule has 2 aliphatic rings. The summed E-state index contributed by atoms with van der Waals surface area (Å²) in [4.78, 5) is 17.8. The number of carbonyl (C=O) groups is 1. The molecule has 1 saturated heterocycles. The molecule has 0 unspecified atom stereocenters. The standard InChI is InChI=1S/C30H33N5O2/c1-34(2)25-9-5-20(6-10-25)18-35-14-3-4-24(19-35)31-30(36)23-7-11-27-26(17-23)29(33-32-27)22-8-12-28-21(16-22)13-15-37-28/h5-12,16-17,24H,3-4,13-15,18-19H2,1-2H3,(H,31,36)(H,32,33)/t24-/m1/s1. The van der Waals surface area contributed by atoms with Crippen LogP contribution in [-0.4, -0.2) is 60.8 Å². The van der Waals surface area contributed by atoms with Gasteiger partial charge in [-0.15, -0.1) is 0 Å². The van der Waals surface area contributed by atoms with Crippen molar-refractivity contribution < 1.29 is 9.53 Å². The highest BCUT2D eigenvalue weighted by Gasteiger charge is 2.23. The van der Waals surface area contributed by atoms with Gasteiger partial charge in [-0.1, -0.05) is 12.1 Å². The number of H-pyrrole nitrogens is 1. The second kappa shape index (κ2) is 9.90. The first-order valence-electron chi connectivity index (χ1n) is 13.1. The number of fused-ring (bicyclic) bond motifs is 2. The van der Waals surface area contributed by atoms with Crippen LogP contribution in [0.2, 0.25) is 0 Å². The molecule has 0 spiro atoms. The Labute approximate surface area is 217 Å². The van der Waals surface area contributed by atoms with Gasteiger partial charge in [0.15, 0.2) is 0 Å². The molecule has 0 saturated carbocycles. The molecule has 0 radical (unpaired) electrons. The summed E-state index contributed by atoms with van der Waals surface area (Å²) in [6, 6.07) is 20.8.